The zero-order valence-electron chi connectivity index (χ0n) is 17.7. The van der Waals surface area contributed by atoms with Gasteiger partial charge in [-0.05, 0) is 50.7 Å². The number of hydrogen-bond acceptors (Lipinski definition) is 1. The van der Waals surface area contributed by atoms with Gasteiger partial charge in [0.05, 0.1) is 6.61 Å². The summed E-state index contributed by atoms with van der Waals surface area (Å²) in [5.74, 6) is -0.525. The van der Waals surface area contributed by atoms with Crippen molar-refractivity contribution in [2.24, 2.45) is 11.8 Å². The minimum absolute atomic E-state index is 0.0468. The smallest absolute Gasteiger partial charge is 0.164 e. The topological polar surface area (TPSA) is 9.23 Å². The average molecular weight is 357 g/mol. The Kier molecular flexibility index (Phi) is 15.7. The maximum absolute atomic E-state index is 14.1. The first-order chi connectivity index (χ1) is 11.7. The lowest BCUT2D eigenvalue weighted by molar-refractivity contribution is 0.224. The summed E-state index contributed by atoms with van der Waals surface area (Å²) in [6, 6.07) is 0. The van der Waals surface area contributed by atoms with Gasteiger partial charge in [-0.1, -0.05) is 58.8 Å². The molecule has 0 saturated carbocycles. The Hall–Kier alpha value is -1.22. The highest BCUT2D eigenvalue weighted by Gasteiger charge is 2.12. The molecule has 0 amide bonds. The first-order valence-corrected chi connectivity index (χ1v) is 9.29. The van der Waals surface area contributed by atoms with Crippen molar-refractivity contribution in [2.45, 2.75) is 68.2 Å². The second-order valence-corrected chi connectivity index (χ2v) is 6.49. The van der Waals surface area contributed by atoms with Crippen LogP contribution in [0.3, 0.4) is 0 Å². The summed E-state index contributed by atoms with van der Waals surface area (Å²) < 4.78 is 32.6. The number of hydrogen-bond donors (Lipinski definition) is 0. The van der Waals surface area contributed by atoms with E-state index >= 15 is 0 Å². The Bertz CT molecular complexity index is 482. The number of methoxy groups -OCH3 is 1. The van der Waals surface area contributed by atoms with Crippen LogP contribution in [0.1, 0.15) is 68.2 Å². The van der Waals surface area contributed by atoms with Crippen molar-refractivity contribution in [1.82, 2.24) is 0 Å². The van der Waals surface area contributed by atoms with Gasteiger partial charge >= 0.3 is 0 Å². The van der Waals surface area contributed by atoms with E-state index in [1.807, 2.05) is 26.0 Å². The molecule has 0 radical (unpaired) electrons. The van der Waals surface area contributed by atoms with Crippen LogP contribution < -0.4 is 0 Å². The molecule has 1 atom stereocenters. The van der Waals surface area contributed by atoms with Gasteiger partial charge in [0.2, 0.25) is 0 Å². The van der Waals surface area contributed by atoms with E-state index in [2.05, 4.69) is 27.7 Å². The highest BCUT2D eigenvalue weighted by Crippen LogP contribution is 2.24. The van der Waals surface area contributed by atoms with E-state index in [9.17, 15) is 8.78 Å². The van der Waals surface area contributed by atoms with Crippen molar-refractivity contribution in [1.29, 1.82) is 0 Å². The molecule has 0 aliphatic heterocycles. The lowest BCUT2D eigenvalue weighted by Crippen LogP contribution is -2.01. The summed E-state index contributed by atoms with van der Waals surface area (Å²) in [5.41, 5.74) is 2.17. The molecule has 0 aliphatic carbocycles. The quantitative estimate of drug-likeness (QED) is 0.384. The molecule has 0 bridgehead atoms. The molecule has 1 unspecified atom stereocenters. The molecular formula is C22H38F2O. The van der Waals surface area contributed by atoms with Gasteiger partial charge in [0, 0.05) is 12.7 Å². The first-order valence-electron chi connectivity index (χ1n) is 9.29. The third-order valence-corrected chi connectivity index (χ3v) is 4.04. The third kappa shape index (κ3) is 11.1. The van der Waals surface area contributed by atoms with Gasteiger partial charge in [-0.2, -0.15) is 0 Å². The van der Waals surface area contributed by atoms with Crippen LogP contribution in [0.5, 0.6) is 0 Å². The van der Waals surface area contributed by atoms with Crippen molar-refractivity contribution in [3.63, 3.8) is 0 Å². The van der Waals surface area contributed by atoms with Crippen molar-refractivity contribution in [3.8, 4) is 0 Å². The molecule has 0 aromatic carbocycles. The van der Waals surface area contributed by atoms with E-state index in [0.717, 1.165) is 12.5 Å². The fourth-order valence-electron chi connectivity index (χ4n) is 2.10. The minimum Gasteiger partial charge on any atom is -0.380 e. The summed E-state index contributed by atoms with van der Waals surface area (Å²) in [4.78, 5) is 0. The Morgan fingerprint density at radius 1 is 1.00 bits per heavy atom. The van der Waals surface area contributed by atoms with E-state index in [1.54, 1.807) is 6.92 Å². The average Bonchev–Trinajstić information content (AvgIpc) is 2.61. The largest absolute Gasteiger partial charge is 0.380 e. The number of halogens is 2. The van der Waals surface area contributed by atoms with Gasteiger partial charge in [0.15, 0.2) is 11.7 Å². The number of rotatable bonds is 9. The van der Waals surface area contributed by atoms with E-state index < -0.39 is 11.7 Å². The van der Waals surface area contributed by atoms with Crippen LogP contribution in [-0.2, 0) is 4.74 Å². The second-order valence-electron chi connectivity index (χ2n) is 6.49. The summed E-state index contributed by atoms with van der Waals surface area (Å²) >= 11 is 0. The molecule has 0 aliphatic rings. The molecule has 1 nitrogen and oxygen atoms in total. The van der Waals surface area contributed by atoms with Gasteiger partial charge in [-0.25, -0.2) is 8.78 Å². The standard InChI is InChI=1S/C20H32F2O.C2H6/c1-8-19(21)20(22)18(13-23-7)17(6)12-11-16(5)15(4)10-9-14(2)3;1-2/h8,11-12,14-15H,9-10,13H2,1-7H3;1-2H3/b16-11+,17-12+,19-8+,20-18-;. The Balaban J connectivity index is 0. The monoisotopic (exact) mass is 356 g/mol. The molecule has 0 heterocycles. The van der Waals surface area contributed by atoms with Gasteiger partial charge in [-0.15, -0.1) is 0 Å². The summed E-state index contributed by atoms with van der Waals surface area (Å²) in [5, 5.41) is 0. The molecule has 146 valence electrons. The molecule has 0 N–H and O–H groups in total. The molecule has 0 aromatic rings. The van der Waals surface area contributed by atoms with Crippen molar-refractivity contribution >= 4 is 0 Å². The summed E-state index contributed by atoms with van der Waals surface area (Å²) in [7, 11) is 1.48. The Morgan fingerprint density at radius 3 is 2.00 bits per heavy atom. The highest BCUT2D eigenvalue weighted by molar-refractivity contribution is 5.40. The molecule has 0 fully saturated rings. The number of ether oxygens (including phenoxy) is 1. The third-order valence-electron chi connectivity index (χ3n) is 4.04. The summed E-state index contributed by atoms with van der Waals surface area (Å²) in [6.45, 7) is 16.0. The molecule has 0 rings (SSSR count). The van der Waals surface area contributed by atoms with E-state index in [4.69, 9.17) is 4.74 Å². The molecule has 0 aromatic heterocycles. The van der Waals surface area contributed by atoms with E-state index in [1.165, 1.54) is 26.0 Å². The van der Waals surface area contributed by atoms with Crippen LogP contribution in [0.4, 0.5) is 8.78 Å². The van der Waals surface area contributed by atoms with Gasteiger partial charge in [0.25, 0.3) is 0 Å². The van der Waals surface area contributed by atoms with Crippen LogP contribution in [0.15, 0.2) is 46.6 Å². The van der Waals surface area contributed by atoms with Crippen LogP contribution in [0.2, 0.25) is 0 Å². The van der Waals surface area contributed by atoms with E-state index in [0.29, 0.717) is 17.4 Å². The SMILES string of the molecule is CC.C\C=C(F)/C(F)=C(COC)/C(C)=C/C=C(\C)C(C)CCC(C)C. The van der Waals surface area contributed by atoms with Gasteiger partial charge in [0.1, 0.15) is 0 Å². The normalized spacial score (nSPS) is 15.6. The zero-order chi connectivity index (χ0) is 20.0. The fraction of sp³-hybridized carbons (Fsp3) is 0.636. The maximum Gasteiger partial charge on any atom is 0.164 e. The molecule has 25 heavy (non-hydrogen) atoms. The van der Waals surface area contributed by atoms with Crippen LogP contribution in [0.25, 0.3) is 0 Å². The predicted octanol–water partition coefficient (Wildman–Crippen LogP) is 7.72. The van der Waals surface area contributed by atoms with Crippen LogP contribution in [-0.4, -0.2) is 13.7 Å². The summed E-state index contributed by atoms with van der Waals surface area (Å²) in [6.07, 6.45) is 7.28. The molecule has 0 spiro atoms. The lowest BCUT2D eigenvalue weighted by atomic mass is 9.93. The molecule has 3 heteroatoms. The van der Waals surface area contributed by atoms with E-state index in [-0.39, 0.29) is 12.2 Å². The Labute approximate surface area is 154 Å². The van der Waals surface area contributed by atoms with Gasteiger partial charge in [-0.3, -0.25) is 0 Å². The second kappa shape index (κ2) is 15.1. The van der Waals surface area contributed by atoms with Gasteiger partial charge < -0.3 is 4.74 Å². The highest BCUT2D eigenvalue weighted by atomic mass is 19.2. The number of allylic oxidation sites excluding steroid dienone is 6. The van der Waals surface area contributed by atoms with Crippen molar-refractivity contribution in [3.05, 3.63) is 46.6 Å². The van der Waals surface area contributed by atoms with Crippen molar-refractivity contribution < 1.29 is 13.5 Å². The zero-order valence-corrected chi connectivity index (χ0v) is 17.7. The Morgan fingerprint density at radius 2 is 1.56 bits per heavy atom. The van der Waals surface area contributed by atoms with Crippen LogP contribution in [0, 0.1) is 11.8 Å². The minimum atomic E-state index is -0.851. The predicted molar refractivity (Wildman–Crippen MR) is 107 cm³/mol. The van der Waals surface area contributed by atoms with Crippen molar-refractivity contribution in [2.75, 3.05) is 13.7 Å². The molecular weight excluding hydrogens is 318 g/mol. The first kappa shape index (κ1) is 26.0. The lowest BCUT2D eigenvalue weighted by Gasteiger charge is -2.13. The molecule has 0 saturated heterocycles. The maximum atomic E-state index is 14.1. The van der Waals surface area contributed by atoms with Crippen LogP contribution >= 0.6 is 0 Å². The fourth-order valence-corrected chi connectivity index (χ4v) is 2.10.